The van der Waals surface area contributed by atoms with Crippen molar-refractivity contribution in [2.45, 2.75) is 0 Å². The molecule has 0 fully saturated rings. The SMILES string of the molecule is Cn1nccc1C(=O)c1ccc(C(=O)O)o1. The number of ketones is 1. The van der Waals surface area contributed by atoms with E-state index in [2.05, 4.69) is 5.10 Å². The minimum Gasteiger partial charge on any atom is -0.475 e. The molecule has 0 radical (unpaired) electrons. The molecule has 2 aromatic rings. The van der Waals surface area contributed by atoms with Gasteiger partial charge in [0.1, 0.15) is 5.69 Å². The third-order valence-electron chi connectivity index (χ3n) is 2.09. The van der Waals surface area contributed by atoms with Crippen LogP contribution in [0.4, 0.5) is 0 Å². The predicted octanol–water partition coefficient (Wildman–Crippen LogP) is 0.942. The van der Waals surface area contributed by atoms with Crippen LogP contribution in [0.2, 0.25) is 0 Å². The smallest absolute Gasteiger partial charge is 0.371 e. The second kappa shape index (κ2) is 3.65. The van der Waals surface area contributed by atoms with Gasteiger partial charge in [0.2, 0.25) is 11.5 Å². The zero-order valence-corrected chi connectivity index (χ0v) is 8.38. The van der Waals surface area contributed by atoms with E-state index in [0.717, 1.165) is 0 Å². The minimum atomic E-state index is -1.20. The molecule has 0 aliphatic carbocycles. The second-order valence-corrected chi connectivity index (χ2v) is 3.14. The van der Waals surface area contributed by atoms with Crippen molar-refractivity contribution in [3.8, 4) is 0 Å². The summed E-state index contributed by atoms with van der Waals surface area (Å²) in [6, 6.07) is 4.11. The number of aromatic carboxylic acids is 1. The molecule has 1 N–H and O–H groups in total. The molecule has 6 heteroatoms. The van der Waals surface area contributed by atoms with Crippen LogP contribution in [0.25, 0.3) is 0 Å². The lowest BCUT2D eigenvalue weighted by Crippen LogP contribution is -2.07. The number of furan rings is 1. The Morgan fingerprint density at radius 3 is 2.50 bits per heavy atom. The first-order chi connectivity index (χ1) is 7.59. The van der Waals surface area contributed by atoms with Crippen molar-refractivity contribution in [2.24, 2.45) is 7.05 Å². The molecule has 0 unspecified atom stereocenters. The molecule has 82 valence electrons. The van der Waals surface area contributed by atoms with Crippen LogP contribution in [-0.4, -0.2) is 26.6 Å². The molecule has 0 bridgehead atoms. The van der Waals surface area contributed by atoms with Crippen molar-refractivity contribution < 1.29 is 19.1 Å². The highest BCUT2D eigenvalue weighted by Gasteiger charge is 2.18. The molecule has 0 atom stereocenters. The van der Waals surface area contributed by atoms with Gasteiger partial charge in [-0.15, -0.1) is 0 Å². The van der Waals surface area contributed by atoms with Crippen molar-refractivity contribution >= 4 is 11.8 Å². The summed E-state index contributed by atoms with van der Waals surface area (Å²) in [5, 5.41) is 12.5. The van der Waals surface area contributed by atoms with Gasteiger partial charge in [0.05, 0.1) is 0 Å². The lowest BCUT2D eigenvalue weighted by Gasteiger charge is -1.97. The van der Waals surface area contributed by atoms with E-state index < -0.39 is 11.8 Å². The molecule has 0 amide bonds. The summed E-state index contributed by atoms with van der Waals surface area (Å²) in [5.41, 5.74) is 0.339. The van der Waals surface area contributed by atoms with Crippen LogP contribution in [0.5, 0.6) is 0 Å². The van der Waals surface area contributed by atoms with E-state index in [-0.39, 0.29) is 11.5 Å². The summed E-state index contributed by atoms with van der Waals surface area (Å²) < 4.78 is 6.29. The number of carbonyl (C=O) groups excluding carboxylic acids is 1. The molecule has 2 aromatic heterocycles. The zero-order valence-electron chi connectivity index (χ0n) is 8.38. The van der Waals surface area contributed by atoms with Crippen molar-refractivity contribution in [3.63, 3.8) is 0 Å². The highest BCUT2D eigenvalue weighted by molar-refractivity contribution is 6.06. The van der Waals surface area contributed by atoms with Gasteiger partial charge >= 0.3 is 5.97 Å². The van der Waals surface area contributed by atoms with Crippen LogP contribution in [-0.2, 0) is 7.05 Å². The number of hydrogen-bond donors (Lipinski definition) is 1. The van der Waals surface area contributed by atoms with Gasteiger partial charge in [0, 0.05) is 13.2 Å². The quantitative estimate of drug-likeness (QED) is 0.778. The van der Waals surface area contributed by atoms with Crippen LogP contribution in [0, 0.1) is 0 Å². The van der Waals surface area contributed by atoms with Crippen molar-refractivity contribution in [1.29, 1.82) is 0 Å². The Morgan fingerprint density at radius 2 is 2.00 bits per heavy atom. The van der Waals surface area contributed by atoms with Crippen LogP contribution in [0.15, 0.2) is 28.8 Å². The monoisotopic (exact) mass is 220 g/mol. The fourth-order valence-electron chi connectivity index (χ4n) is 1.30. The summed E-state index contributed by atoms with van der Waals surface area (Å²) in [7, 11) is 1.62. The number of carbonyl (C=O) groups is 2. The lowest BCUT2D eigenvalue weighted by atomic mass is 10.2. The van der Waals surface area contributed by atoms with E-state index in [0.29, 0.717) is 5.69 Å². The Hall–Kier alpha value is -2.37. The number of aryl methyl sites for hydroxylation is 1. The van der Waals surface area contributed by atoms with Gasteiger partial charge in [-0.05, 0) is 18.2 Å². The fraction of sp³-hybridized carbons (Fsp3) is 0.100. The normalized spacial score (nSPS) is 10.3. The maximum absolute atomic E-state index is 11.8. The topological polar surface area (TPSA) is 85.3 Å². The third-order valence-corrected chi connectivity index (χ3v) is 2.09. The number of rotatable bonds is 3. The Kier molecular flexibility index (Phi) is 2.32. The maximum Gasteiger partial charge on any atom is 0.371 e. The van der Waals surface area contributed by atoms with Crippen LogP contribution in [0.1, 0.15) is 26.8 Å². The van der Waals surface area contributed by atoms with Gasteiger partial charge in [-0.3, -0.25) is 9.48 Å². The highest BCUT2D eigenvalue weighted by atomic mass is 16.4. The van der Waals surface area contributed by atoms with Gasteiger partial charge in [0.15, 0.2) is 5.76 Å². The maximum atomic E-state index is 11.8. The summed E-state index contributed by atoms with van der Waals surface area (Å²) in [6.45, 7) is 0. The average Bonchev–Trinajstić information content (AvgIpc) is 2.84. The molecule has 6 nitrogen and oxygen atoms in total. The number of aromatic nitrogens is 2. The molecule has 0 aromatic carbocycles. The predicted molar refractivity (Wildman–Crippen MR) is 52.3 cm³/mol. The Labute approximate surface area is 90.1 Å². The van der Waals surface area contributed by atoms with Crippen molar-refractivity contribution in [2.75, 3.05) is 0 Å². The fourth-order valence-corrected chi connectivity index (χ4v) is 1.30. The number of nitrogens with zero attached hydrogens (tertiary/aromatic N) is 2. The first-order valence-corrected chi connectivity index (χ1v) is 4.45. The van der Waals surface area contributed by atoms with Crippen LogP contribution in [0.3, 0.4) is 0 Å². The van der Waals surface area contributed by atoms with Crippen LogP contribution < -0.4 is 0 Å². The van der Waals surface area contributed by atoms with Gasteiger partial charge in [-0.25, -0.2) is 4.79 Å². The first-order valence-electron chi connectivity index (χ1n) is 4.45. The standard InChI is InChI=1S/C10H8N2O4/c1-12-6(4-5-11-12)9(13)7-2-3-8(16-7)10(14)15/h2-5H,1H3,(H,14,15). The molecule has 0 spiro atoms. The van der Waals surface area contributed by atoms with Gasteiger partial charge in [-0.1, -0.05) is 0 Å². The van der Waals surface area contributed by atoms with E-state index in [4.69, 9.17) is 9.52 Å². The van der Waals surface area contributed by atoms with Crippen LogP contribution >= 0.6 is 0 Å². The van der Waals surface area contributed by atoms with E-state index in [1.807, 2.05) is 0 Å². The highest BCUT2D eigenvalue weighted by Crippen LogP contribution is 2.12. The molecule has 2 heterocycles. The number of hydrogen-bond acceptors (Lipinski definition) is 4. The largest absolute Gasteiger partial charge is 0.475 e. The molecular formula is C10H8N2O4. The molecule has 0 saturated carbocycles. The zero-order chi connectivity index (χ0) is 11.7. The summed E-state index contributed by atoms with van der Waals surface area (Å²) in [4.78, 5) is 22.4. The Bertz CT molecular complexity index is 553. The Morgan fingerprint density at radius 1 is 1.31 bits per heavy atom. The summed E-state index contributed by atoms with van der Waals surface area (Å²) in [5.74, 6) is -1.87. The molecule has 2 rings (SSSR count). The first kappa shape index (κ1) is 10.2. The molecular weight excluding hydrogens is 212 g/mol. The van der Waals surface area contributed by atoms with E-state index >= 15 is 0 Å². The Balaban J connectivity index is 2.35. The number of carboxylic acid groups (broad SMARTS) is 1. The van der Waals surface area contributed by atoms with Crippen molar-refractivity contribution in [1.82, 2.24) is 9.78 Å². The molecule has 0 aliphatic rings. The van der Waals surface area contributed by atoms with E-state index in [1.54, 1.807) is 7.05 Å². The third kappa shape index (κ3) is 1.60. The molecule has 0 saturated heterocycles. The summed E-state index contributed by atoms with van der Waals surface area (Å²) >= 11 is 0. The number of carboxylic acids is 1. The lowest BCUT2D eigenvalue weighted by molar-refractivity contribution is 0.0660. The van der Waals surface area contributed by atoms with E-state index in [1.165, 1.54) is 29.1 Å². The summed E-state index contributed by atoms with van der Waals surface area (Å²) in [6.07, 6.45) is 1.48. The minimum absolute atomic E-state index is 0.0130. The molecule has 0 aliphatic heterocycles. The average molecular weight is 220 g/mol. The van der Waals surface area contributed by atoms with Crippen molar-refractivity contribution in [3.05, 3.63) is 41.6 Å². The molecule has 16 heavy (non-hydrogen) atoms. The second-order valence-electron chi connectivity index (χ2n) is 3.14. The van der Waals surface area contributed by atoms with Gasteiger partial charge in [-0.2, -0.15) is 5.10 Å². The van der Waals surface area contributed by atoms with E-state index in [9.17, 15) is 9.59 Å². The van der Waals surface area contributed by atoms with Gasteiger partial charge < -0.3 is 9.52 Å². The van der Waals surface area contributed by atoms with Gasteiger partial charge in [0.25, 0.3) is 0 Å².